The lowest BCUT2D eigenvalue weighted by atomic mass is 9.70. The van der Waals surface area contributed by atoms with Crippen molar-refractivity contribution in [1.82, 2.24) is 5.32 Å². The Kier molecular flexibility index (Phi) is 4.90. The minimum Gasteiger partial charge on any atom is -0.396 e. The second-order valence-corrected chi connectivity index (χ2v) is 6.08. The maximum atomic E-state index is 8.81. The maximum absolute atomic E-state index is 8.81. The summed E-state index contributed by atoms with van der Waals surface area (Å²) in [5, 5.41) is 12.4. The highest BCUT2D eigenvalue weighted by Crippen LogP contribution is 2.41. The molecule has 90 valence electrons. The first kappa shape index (κ1) is 13.3. The van der Waals surface area contributed by atoms with Gasteiger partial charge in [0.05, 0.1) is 0 Å². The number of thioether (sulfide) groups is 1. The van der Waals surface area contributed by atoms with Gasteiger partial charge < -0.3 is 16.2 Å². The third kappa shape index (κ3) is 2.87. The van der Waals surface area contributed by atoms with Crippen molar-refractivity contribution < 1.29 is 5.11 Å². The highest BCUT2D eigenvalue weighted by molar-refractivity contribution is 7.99. The summed E-state index contributed by atoms with van der Waals surface area (Å²) < 4.78 is 0. The van der Waals surface area contributed by atoms with E-state index in [2.05, 4.69) is 19.2 Å². The van der Waals surface area contributed by atoms with E-state index in [1.165, 1.54) is 12.2 Å². The number of nitrogens with one attached hydrogen (secondary N) is 1. The van der Waals surface area contributed by atoms with E-state index < -0.39 is 0 Å². The van der Waals surface area contributed by atoms with Gasteiger partial charge >= 0.3 is 0 Å². The van der Waals surface area contributed by atoms with Crippen molar-refractivity contribution in [1.29, 1.82) is 0 Å². The monoisotopic (exact) mass is 232 g/mol. The van der Waals surface area contributed by atoms with Crippen LogP contribution < -0.4 is 11.1 Å². The molecule has 0 aliphatic carbocycles. The zero-order valence-electron chi connectivity index (χ0n) is 9.88. The molecule has 4 N–H and O–H groups in total. The minimum atomic E-state index is 0.0467. The molecule has 0 amide bonds. The van der Waals surface area contributed by atoms with Gasteiger partial charge in [0.1, 0.15) is 0 Å². The lowest BCUT2D eigenvalue weighted by Crippen LogP contribution is -2.64. The van der Waals surface area contributed by atoms with Crippen molar-refractivity contribution in [2.24, 2.45) is 11.1 Å². The van der Waals surface area contributed by atoms with Crippen molar-refractivity contribution in [2.75, 3.05) is 31.2 Å². The molecule has 0 aromatic heterocycles. The molecule has 1 rings (SSSR count). The van der Waals surface area contributed by atoms with Crippen LogP contribution in [-0.4, -0.2) is 41.8 Å². The molecule has 0 aromatic rings. The van der Waals surface area contributed by atoms with Gasteiger partial charge in [-0.25, -0.2) is 0 Å². The van der Waals surface area contributed by atoms with E-state index in [1.807, 2.05) is 11.8 Å². The number of hydrogen-bond acceptors (Lipinski definition) is 4. The van der Waals surface area contributed by atoms with Gasteiger partial charge in [-0.3, -0.25) is 0 Å². The molecule has 15 heavy (non-hydrogen) atoms. The lowest BCUT2D eigenvalue weighted by Gasteiger charge is -2.50. The Morgan fingerprint density at radius 3 is 2.73 bits per heavy atom. The molecule has 3 nitrogen and oxygen atoms in total. The third-order valence-corrected chi connectivity index (χ3v) is 4.85. The minimum absolute atomic E-state index is 0.0467. The summed E-state index contributed by atoms with van der Waals surface area (Å²) >= 11 is 1.98. The van der Waals surface area contributed by atoms with Crippen LogP contribution >= 0.6 is 11.8 Å². The highest BCUT2D eigenvalue weighted by Gasteiger charge is 2.45. The average molecular weight is 232 g/mol. The number of nitrogens with two attached hydrogens (primary N) is 1. The van der Waals surface area contributed by atoms with Crippen LogP contribution in [0.5, 0.6) is 0 Å². The quantitative estimate of drug-likeness (QED) is 0.614. The predicted octanol–water partition coefficient (Wildman–Crippen LogP) is 0.819. The van der Waals surface area contributed by atoms with E-state index in [4.69, 9.17) is 10.8 Å². The summed E-state index contributed by atoms with van der Waals surface area (Å²) in [6, 6.07) is 0. The normalized spacial score (nSPS) is 30.4. The van der Waals surface area contributed by atoms with Crippen LogP contribution in [0.1, 0.15) is 26.7 Å². The maximum Gasteiger partial charge on any atom is 0.0447 e. The Morgan fingerprint density at radius 2 is 2.20 bits per heavy atom. The highest BCUT2D eigenvalue weighted by atomic mass is 32.2. The van der Waals surface area contributed by atoms with Crippen molar-refractivity contribution >= 4 is 11.8 Å². The van der Waals surface area contributed by atoms with Crippen LogP contribution in [0.3, 0.4) is 0 Å². The van der Waals surface area contributed by atoms with Gasteiger partial charge in [-0.2, -0.15) is 11.8 Å². The molecule has 0 aromatic carbocycles. The first-order valence-electron chi connectivity index (χ1n) is 5.72. The Hall–Kier alpha value is 0.230. The van der Waals surface area contributed by atoms with Crippen molar-refractivity contribution in [3.8, 4) is 0 Å². The molecule has 1 aliphatic rings. The van der Waals surface area contributed by atoms with E-state index in [-0.39, 0.29) is 17.6 Å². The lowest BCUT2D eigenvalue weighted by molar-refractivity contribution is 0.134. The molecule has 0 saturated carbocycles. The summed E-state index contributed by atoms with van der Waals surface area (Å²) in [6.45, 7) is 6.38. The van der Waals surface area contributed by atoms with Crippen LogP contribution in [0.4, 0.5) is 0 Å². The molecule has 1 saturated heterocycles. The van der Waals surface area contributed by atoms with Crippen LogP contribution in [0.25, 0.3) is 0 Å². The Morgan fingerprint density at radius 1 is 1.47 bits per heavy atom. The molecule has 4 heteroatoms. The van der Waals surface area contributed by atoms with E-state index in [0.29, 0.717) is 6.54 Å². The molecule has 1 atom stereocenters. The fourth-order valence-corrected chi connectivity index (χ4v) is 3.87. The summed E-state index contributed by atoms with van der Waals surface area (Å²) in [6.07, 6.45) is 2.02. The van der Waals surface area contributed by atoms with Gasteiger partial charge in [-0.05, 0) is 30.6 Å². The molecule has 0 radical (unpaired) electrons. The van der Waals surface area contributed by atoms with Crippen LogP contribution in [0.15, 0.2) is 0 Å². The van der Waals surface area contributed by atoms with Crippen LogP contribution in [0.2, 0.25) is 0 Å². The van der Waals surface area contributed by atoms with Crippen LogP contribution in [-0.2, 0) is 0 Å². The Balaban J connectivity index is 2.63. The molecular weight excluding hydrogens is 208 g/mol. The standard InChI is InChI=1S/C11H24N2OS/c1-10(2)4-7-15-9-11(10,8-12)13-5-3-6-14/h13-14H,3-9,12H2,1-2H3. The first-order chi connectivity index (χ1) is 7.08. The zero-order chi connectivity index (χ0) is 11.4. The molecule has 0 spiro atoms. The fraction of sp³-hybridized carbons (Fsp3) is 1.00. The summed E-state index contributed by atoms with van der Waals surface area (Å²) in [5.74, 6) is 2.32. The van der Waals surface area contributed by atoms with E-state index in [0.717, 1.165) is 18.7 Å². The van der Waals surface area contributed by atoms with Gasteiger partial charge in [0, 0.05) is 24.4 Å². The molecule has 1 heterocycles. The van der Waals surface area contributed by atoms with Crippen molar-refractivity contribution in [3.05, 3.63) is 0 Å². The number of rotatable bonds is 5. The predicted molar refractivity (Wildman–Crippen MR) is 67.2 cm³/mol. The van der Waals surface area contributed by atoms with E-state index >= 15 is 0 Å². The second kappa shape index (κ2) is 5.53. The Labute approximate surface area is 97.2 Å². The van der Waals surface area contributed by atoms with Gasteiger partial charge in [-0.1, -0.05) is 13.8 Å². The molecular formula is C11H24N2OS. The largest absolute Gasteiger partial charge is 0.396 e. The smallest absolute Gasteiger partial charge is 0.0447 e. The molecule has 1 unspecified atom stereocenters. The summed E-state index contributed by atoms with van der Waals surface area (Å²) in [5.41, 5.74) is 6.26. The number of aliphatic hydroxyl groups excluding tert-OH is 1. The SMILES string of the molecule is CC1(C)CCSCC1(CN)NCCCO. The van der Waals surface area contributed by atoms with Gasteiger partial charge in [0.2, 0.25) is 0 Å². The molecule has 0 bridgehead atoms. The average Bonchev–Trinajstić information content (AvgIpc) is 2.21. The second-order valence-electron chi connectivity index (χ2n) is 4.98. The zero-order valence-corrected chi connectivity index (χ0v) is 10.7. The fourth-order valence-electron chi connectivity index (χ4n) is 2.11. The first-order valence-corrected chi connectivity index (χ1v) is 6.87. The molecule has 1 fully saturated rings. The molecule has 1 aliphatic heterocycles. The van der Waals surface area contributed by atoms with E-state index in [1.54, 1.807) is 0 Å². The van der Waals surface area contributed by atoms with Crippen molar-refractivity contribution in [2.45, 2.75) is 32.2 Å². The number of aliphatic hydroxyl groups is 1. The third-order valence-electron chi connectivity index (χ3n) is 3.66. The topological polar surface area (TPSA) is 58.3 Å². The number of hydrogen-bond donors (Lipinski definition) is 3. The van der Waals surface area contributed by atoms with Gasteiger partial charge in [0.25, 0.3) is 0 Å². The van der Waals surface area contributed by atoms with Gasteiger partial charge in [0.15, 0.2) is 0 Å². The Bertz CT molecular complexity index is 199. The van der Waals surface area contributed by atoms with Crippen LogP contribution in [0, 0.1) is 5.41 Å². The summed E-state index contributed by atoms with van der Waals surface area (Å²) in [7, 11) is 0. The van der Waals surface area contributed by atoms with E-state index in [9.17, 15) is 0 Å². The summed E-state index contributed by atoms with van der Waals surface area (Å²) in [4.78, 5) is 0. The van der Waals surface area contributed by atoms with Crippen molar-refractivity contribution in [3.63, 3.8) is 0 Å². The van der Waals surface area contributed by atoms with Gasteiger partial charge in [-0.15, -0.1) is 0 Å².